The molecule has 2 unspecified atom stereocenters. The fourth-order valence-corrected chi connectivity index (χ4v) is 4.56. The molecule has 1 heterocycles. The lowest BCUT2D eigenvalue weighted by molar-refractivity contribution is -0.128. The molecule has 188 valence electrons. The van der Waals surface area contributed by atoms with Crippen molar-refractivity contribution < 1.29 is 14.3 Å². The zero-order chi connectivity index (χ0) is 25.8. The number of nitrogens with one attached hydrogen (secondary N) is 2. The number of nitrogens with two attached hydrogens (primary N) is 2. The van der Waals surface area contributed by atoms with Crippen LogP contribution in [0.5, 0.6) is 5.75 Å². The summed E-state index contributed by atoms with van der Waals surface area (Å²) in [5, 5.41) is 11.3. The van der Waals surface area contributed by atoms with Crippen LogP contribution in [0.3, 0.4) is 0 Å². The summed E-state index contributed by atoms with van der Waals surface area (Å²) in [6.45, 7) is 2.03. The number of methoxy groups -OCH3 is 1. The summed E-state index contributed by atoms with van der Waals surface area (Å²) in [7, 11) is 3.32. The molecule has 0 aromatic heterocycles. The number of fused-ring (bicyclic) bond motifs is 2. The highest BCUT2D eigenvalue weighted by Crippen LogP contribution is 2.34. The molecule has 0 spiro atoms. The van der Waals surface area contributed by atoms with E-state index in [0.29, 0.717) is 24.2 Å². The van der Waals surface area contributed by atoms with Gasteiger partial charge in [-0.1, -0.05) is 36.4 Å². The highest BCUT2D eigenvalue weighted by atomic mass is 16.5. The molecule has 0 saturated heterocycles. The molecule has 0 fully saturated rings. The average molecular weight is 489 g/mol. The van der Waals surface area contributed by atoms with Crippen molar-refractivity contribution in [2.45, 2.75) is 38.4 Å². The van der Waals surface area contributed by atoms with Gasteiger partial charge in [0.2, 0.25) is 11.8 Å². The minimum atomic E-state index is -0.645. The quantitative estimate of drug-likeness (QED) is 0.174. The number of amidine groups is 1. The third-order valence-electron chi connectivity index (χ3n) is 6.75. The molecule has 4 rings (SSSR count). The Morgan fingerprint density at radius 1 is 1.22 bits per heavy atom. The number of anilines is 1. The zero-order valence-corrected chi connectivity index (χ0v) is 20.7. The van der Waals surface area contributed by atoms with Gasteiger partial charge in [-0.25, -0.2) is 0 Å². The number of benzene rings is 3. The van der Waals surface area contributed by atoms with Crippen molar-refractivity contribution in [2.24, 2.45) is 16.7 Å². The third-order valence-corrected chi connectivity index (χ3v) is 6.75. The zero-order valence-electron chi connectivity index (χ0n) is 20.7. The van der Waals surface area contributed by atoms with E-state index < -0.39 is 12.1 Å². The molecule has 6 N–H and O–H groups in total. The number of hydrogen-bond acceptors (Lipinski definition) is 6. The Kier molecular flexibility index (Phi) is 7.40. The van der Waals surface area contributed by atoms with Gasteiger partial charge in [-0.2, -0.15) is 5.10 Å². The highest BCUT2D eigenvalue weighted by Gasteiger charge is 2.33. The van der Waals surface area contributed by atoms with Crippen molar-refractivity contribution in [3.63, 3.8) is 0 Å². The second-order valence-corrected chi connectivity index (χ2v) is 8.86. The second-order valence-electron chi connectivity index (χ2n) is 8.86. The fraction of sp³-hybridized carbons (Fsp3) is 0.296. The molecular formula is C27H32N6O3. The molecule has 0 bridgehead atoms. The van der Waals surface area contributed by atoms with E-state index in [2.05, 4.69) is 15.7 Å². The van der Waals surface area contributed by atoms with Gasteiger partial charge < -0.3 is 31.8 Å². The van der Waals surface area contributed by atoms with E-state index >= 15 is 0 Å². The van der Waals surface area contributed by atoms with Crippen molar-refractivity contribution in [1.82, 2.24) is 10.6 Å². The fourth-order valence-electron chi connectivity index (χ4n) is 4.56. The normalized spacial score (nSPS) is 16.9. The molecule has 3 aromatic rings. The summed E-state index contributed by atoms with van der Waals surface area (Å²) in [5.41, 5.74) is 9.35. The van der Waals surface area contributed by atoms with Crippen LogP contribution >= 0.6 is 0 Å². The maximum absolute atomic E-state index is 13.9. The topological polar surface area (TPSA) is 135 Å². The molecule has 1 aliphatic rings. The van der Waals surface area contributed by atoms with E-state index in [1.165, 1.54) is 0 Å². The van der Waals surface area contributed by atoms with Gasteiger partial charge in [0.1, 0.15) is 17.6 Å². The summed E-state index contributed by atoms with van der Waals surface area (Å²) in [5.74, 6) is 5.89. The van der Waals surface area contributed by atoms with E-state index in [9.17, 15) is 9.59 Å². The van der Waals surface area contributed by atoms with Crippen LogP contribution in [0.15, 0.2) is 59.7 Å². The number of hydrogen-bond donors (Lipinski definition) is 4. The number of nitrogens with zero attached hydrogens (tertiary/aromatic N) is 2. The van der Waals surface area contributed by atoms with Crippen LogP contribution in [0.2, 0.25) is 0 Å². The first kappa shape index (κ1) is 25.0. The number of aryl methyl sites for hydroxylation is 1. The van der Waals surface area contributed by atoms with Crippen LogP contribution in [0.1, 0.15) is 30.0 Å². The van der Waals surface area contributed by atoms with Gasteiger partial charge in [-0.05, 0) is 61.3 Å². The molecule has 9 heteroatoms. The number of ether oxygens (including phenoxy) is 1. The van der Waals surface area contributed by atoms with Crippen molar-refractivity contribution >= 4 is 34.1 Å². The Labute approximate surface area is 210 Å². The summed E-state index contributed by atoms with van der Waals surface area (Å²) in [6.07, 6.45) is 1.19. The third kappa shape index (κ3) is 4.83. The minimum Gasteiger partial charge on any atom is -0.496 e. The SMILES string of the molecule is CNC(C)C(=O)NC1CCc2ccccc2N(Cc2c(OC)ccc3cc(/C(N)=N\N)ccc23)C1=O. The van der Waals surface area contributed by atoms with E-state index in [1.54, 1.807) is 26.0 Å². The monoisotopic (exact) mass is 488 g/mol. The number of carbonyl (C=O) groups excluding carboxylic acids is 2. The smallest absolute Gasteiger partial charge is 0.249 e. The summed E-state index contributed by atoms with van der Waals surface area (Å²) >= 11 is 0. The Balaban J connectivity index is 1.78. The van der Waals surface area contributed by atoms with Crippen LogP contribution in [0.4, 0.5) is 5.69 Å². The second kappa shape index (κ2) is 10.7. The van der Waals surface area contributed by atoms with Gasteiger partial charge >= 0.3 is 0 Å². The van der Waals surface area contributed by atoms with E-state index in [-0.39, 0.29) is 24.2 Å². The van der Waals surface area contributed by atoms with E-state index in [0.717, 1.165) is 27.6 Å². The van der Waals surface area contributed by atoms with E-state index in [4.69, 9.17) is 16.3 Å². The highest BCUT2D eigenvalue weighted by molar-refractivity contribution is 6.03. The summed E-state index contributed by atoms with van der Waals surface area (Å²) in [4.78, 5) is 28.3. The largest absolute Gasteiger partial charge is 0.496 e. The van der Waals surface area contributed by atoms with Crippen LogP contribution in [-0.2, 0) is 22.6 Å². The van der Waals surface area contributed by atoms with Crippen molar-refractivity contribution in [2.75, 3.05) is 19.1 Å². The van der Waals surface area contributed by atoms with Crippen LogP contribution < -0.4 is 31.8 Å². The average Bonchev–Trinajstić information content (AvgIpc) is 3.04. The Hall–Kier alpha value is -4.11. The number of hydrazone groups is 1. The lowest BCUT2D eigenvalue weighted by atomic mass is 9.99. The predicted molar refractivity (Wildman–Crippen MR) is 142 cm³/mol. The maximum Gasteiger partial charge on any atom is 0.249 e. The number of carbonyl (C=O) groups is 2. The predicted octanol–water partition coefficient (Wildman–Crippen LogP) is 2.00. The van der Waals surface area contributed by atoms with Gasteiger partial charge in [0, 0.05) is 16.8 Å². The van der Waals surface area contributed by atoms with Crippen molar-refractivity contribution in [3.05, 3.63) is 71.3 Å². The standard InChI is InChI=1S/C27H32N6O3/c1-16(30-2)26(34)31-22-12-9-17-6-4-5-7-23(17)33(27(22)35)15-21-20-11-8-19(25(28)32-29)14-18(20)10-13-24(21)36-3/h4-8,10-11,13-14,16,22,30H,9,12,15,29H2,1-3H3,(H2,28,32)(H,31,34). The van der Waals surface area contributed by atoms with Crippen LogP contribution in [0.25, 0.3) is 10.8 Å². The molecule has 2 amide bonds. The summed E-state index contributed by atoms with van der Waals surface area (Å²) in [6, 6.07) is 16.3. The molecular weight excluding hydrogens is 456 g/mol. The lowest BCUT2D eigenvalue weighted by Gasteiger charge is -2.28. The van der Waals surface area contributed by atoms with Crippen LogP contribution in [-0.4, -0.2) is 43.9 Å². The Morgan fingerprint density at radius 2 is 2.00 bits per heavy atom. The van der Waals surface area contributed by atoms with E-state index in [1.807, 2.05) is 54.6 Å². The molecule has 0 radical (unpaired) electrons. The number of likely N-dealkylation sites (N-methyl/N-ethyl adjacent to an activating group) is 1. The van der Waals surface area contributed by atoms with Gasteiger partial charge in [-0.3, -0.25) is 9.59 Å². The molecule has 3 aromatic carbocycles. The van der Waals surface area contributed by atoms with Gasteiger partial charge in [-0.15, -0.1) is 0 Å². The lowest BCUT2D eigenvalue weighted by Crippen LogP contribution is -2.52. The first-order valence-electron chi connectivity index (χ1n) is 11.9. The molecule has 0 saturated carbocycles. The maximum atomic E-state index is 13.9. The molecule has 2 atom stereocenters. The minimum absolute atomic E-state index is 0.160. The summed E-state index contributed by atoms with van der Waals surface area (Å²) < 4.78 is 5.70. The van der Waals surface area contributed by atoms with Gasteiger partial charge in [0.05, 0.1) is 19.7 Å². The Morgan fingerprint density at radius 3 is 2.72 bits per heavy atom. The first-order valence-corrected chi connectivity index (χ1v) is 11.9. The first-order chi connectivity index (χ1) is 17.4. The molecule has 9 nitrogen and oxygen atoms in total. The van der Waals surface area contributed by atoms with Gasteiger partial charge in [0.15, 0.2) is 0 Å². The number of amides is 2. The number of para-hydroxylation sites is 1. The van der Waals surface area contributed by atoms with Crippen molar-refractivity contribution in [3.8, 4) is 5.75 Å². The molecule has 1 aliphatic heterocycles. The molecule has 0 aliphatic carbocycles. The van der Waals surface area contributed by atoms with Crippen molar-refractivity contribution in [1.29, 1.82) is 0 Å². The molecule has 36 heavy (non-hydrogen) atoms. The van der Waals surface area contributed by atoms with Gasteiger partial charge in [0.25, 0.3) is 0 Å². The number of rotatable bonds is 7. The Bertz CT molecular complexity index is 1320. The van der Waals surface area contributed by atoms with Crippen LogP contribution in [0, 0.1) is 0 Å².